The number of hydrogen-bond acceptors (Lipinski definition) is 4. The van der Waals surface area contributed by atoms with E-state index < -0.39 is 0 Å². The van der Waals surface area contributed by atoms with E-state index >= 15 is 0 Å². The van der Waals surface area contributed by atoms with Crippen LogP contribution in [0.25, 0.3) is 0 Å². The minimum absolute atomic E-state index is 0.262. The molecule has 3 aromatic rings. The molecule has 0 spiro atoms. The molecule has 2 aromatic carbocycles. The summed E-state index contributed by atoms with van der Waals surface area (Å²) in [7, 11) is -0.262. The van der Waals surface area contributed by atoms with Crippen molar-refractivity contribution in [3.63, 3.8) is 0 Å². The average molecular weight is 439 g/mol. The van der Waals surface area contributed by atoms with Gasteiger partial charge in [-0.1, -0.05) is 44.1 Å². The van der Waals surface area contributed by atoms with Gasteiger partial charge in [0.05, 0.1) is 6.20 Å². The first kappa shape index (κ1) is 21.1. The van der Waals surface area contributed by atoms with E-state index in [1.54, 1.807) is 6.20 Å². The van der Waals surface area contributed by atoms with Crippen LogP contribution in [0, 0.1) is 6.92 Å². The molecule has 1 aliphatic rings. The first-order valence-corrected chi connectivity index (χ1v) is 13.1. The van der Waals surface area contributed by atoms with Gasteiger partial charge in [-0.15, -0.1) is 0 Å². The summed E-state index contributed by atoms with van der Waals surface area (Å²) < 4.78 is 0. The smallest absolute Gasteiger partial charge is 0.229 e. The molecule has 0 saturated heterocycles. The van der Waals surface area contributed by atoms with Crippen LogP contribution in [0.15, 0.2) is 42.6 Å². The predicted molar refractivity (Wildman–Crippen MR) is 131 cm³/mol. The Morgan fingerprint density at radius 3 is 2.57 bits per heavy atom. The van der Waals surface area contributed by atoms with Crippen LogP contribution < -0.4 is 15.9 Å². The van der Waals surface area contributed by atoms with Crippen molar-refractivity contribution in [1.82, 2.24) is 9.97 Å². The summed E-state index contributed by atoms with van der Waals surface area (Å²) in [6.07, 6.45) is 7.83. The number of aromatic nitrogens is 2. The third kappa shape index (κ3) is 4.77. The van der Waals surface area contributed by atoms with Crippen LogP contribution in [0.2, 0.25) is 5.02 Å². The lowest BCUT2D eigenvalue weighted by atomic mass is 10.0. The van der Waals surface area contributed by atoms with Crippen molar-refractivity contribution in [3.8, 4) is 0 Å². The molecule has 2 N–H and O–H groups in total. The standard InChI is InChI=1S/C24H28ClN4P/c1-16-8-7-11-21(22(16)30(2)3)28-23-20(25)15-26-24(29-23)27-19-13-12-17-9-5-4-6-10-18(17)14-19/h7-8,11-15H,4-6,9-10H2,1-3H3,(H2,26,27,28,29). The van der Waals surface area contributed by atoms with Crippen LogP contribution >= 0.6 is 19.5 Å². The molecule has 0 unspecified atom stereocenters. The van der Waals surface area contributed by atoms with Gasteiger partial charge >= 0.3 is 0 Å². The Bertz CT molecular complexity index is 1050. The van der Waals surface area contributed by atoms with Gasteiger partial charge in [-0.25, -0.2) is 4.98 Å². The maximum Gasteiger partial charge on any atom is 0.229 e. The molecular weight excluding hydrogens is 411 g/mol. The van der Waals surface area contributed by atoms with Crippen LogP contribution in [-0.2, 0) is 12.8 Å². The van der Waals surface area contributed by atoms with Crippen molar-refractivity contribution in [1.29, 1.82) is 0 Å². The molecule has 1 aromatic heterocycles. The fourth-order valence-electron chi connectivity index (χ4n) is 4.11. The second-order valence-electron chi connectivity index (χ2n) is 8.05. The molecular formula is C24H28ClN4P. The molecule has 0 bridgehead atoms. The molecule has 30 heavy (non-hydrogen) atoms. The third-order valence-corrected chi connectivity index (χ3v) is 7.30. The van der Waals surface area contributed by atoms with Gasteiger partial charge in [0.2, 0.25) is 5.95 Å². The van der Waals surface area contributed by atoms with Gasteiger partial charge in [-0.2, -0.15) is 4.98 Å². The molecule has 0 fully saturated rings. The number of nitrogens with one attached hydrogen (secondary N) is 2. The van der Waals surface area contributed by atoms with Crippen molar-refractivity contribution in [2.24, 2.45) is 0 Å². The van der Waals surface area contributed by atoms with Gasteiger partial charge in [0, 0.05) is 16.7 Å². The highest BCUT2D eigenvalue weighted by Gasteiger charge is 2.13. The molecule has 0 atom stereocenters. The Hall–Kier alpha value is -2.16. The molecule has 0 radical (unpaired) electrons. The van der Waals surface area contributed by atoms with Crippen LogP contribution in [0.1, 0.15) is 36.0 Å². The maximum atomic E-state index is 6.42. The number of nitrogens with zero attached hydrogens (tertiary/aromatic N) is 2. The number of hydrogen-bond donors (Lipinski definition) is 2. The zero-order valence-electron chi connectivity index (χ0n) is 17.8. The van der Waals surface area contributed by atoms with Gasteiger partial charge in [0.15, 0.2) is 5.82 Å². The molecule has 4 nitrogen and oxygen atoms in total. The minimum Gasteiger partial charge on any atom is -0.338 e. The Labute approximate surface area is 185 Å². The van der Waals surface area contributed by atoms with Crippen molar-refractivity contribution < 1.29 is 0 Å². The highest BCUT2D eigenvalue weighted by molar-refractivity contribution is 7.64. The highest BCUT2D eigenvalue weighted by Crippen LogP contribution is 2.33. The van der Waals surface area contributed by atoms with Crippen LogP contribution in [0.3, 0.4) is 0 Å². The van der Waals surface area contributed by atoms with Gasteiger partial charge in [-0.3, -0.25) is 0 Å². The zero-order valence-corrected chi connectivity index (χ0v) is 19.4. The summed E-state index contributed by atoms with van der Waals surface area (Å²) >= 11 is 6.42. The summed E-state index contributed by atoms with van der Waals surface area (Å²) in [5, 5.41) is 8.64. The Morgan fingerprint density at radius 1 is 0.967 bits per heavy atom. The van der Waals surface area contributed by atoms with Crippen molar-refractivity contribution in [2.75, 3.05) is 24.0 Å². The molecule has 0 aliphatic heterocycles. The fourth-order valence-corrected chi connectivity index (χ4v) is 5.64. The largest absolute Gasteiger partial charge is 0.338 e. The van der Waals surface area contributed by atoms with E-state index in [1.807, 2.05) is 0 Å². The monoisotopic (exact) mass is 438 g/mol. The SMILES string of the molecule is Cc1cccc(Nc2nc(Nc3ccc4c(c3)CCCCC4)ncc2Cl)c1P(C)C. The Balaban J connectivity index is 1.59. The summed E-state index contributed by atoms with van der Waals surface area (Å²) in [4.78, 5) is 9.06. The second-order valence-corrected chi connectivity index (χ2v) is 10.7. The topological polar surface area (TPSA) is 49.8 Å². The number of halogens is 1. The molecule has 1 heterocycles. The minimum atomic E-state index is -0.262. The maximum absolute atomic E-state index is 6.42. The van der Waals surface area contributed by atoms with E-state index in [2.05, 4.69) is 77.3 Å². The van der Waals surface area contributed by atoms with Crippen molar-refractivity contribution in [2.45, 2.75) is 39.0 Å². The number of anilines is 4. The number of fused-ring (bicyclic) bond motifs is 1. The molecule has 156 valence electrons. The average Bonchev–Trinajstić information content (AvgIpc) is 2.95. The first-order valence-electron chi connectivity index (χ1n) is 10.5. The normalized spacial score (nSPS) is 13.6. The quantitative estimate of drug-likeness (QED) is 0.349. The van der Waals surface area contributed by atoms with Gasteiger partial charge in [0.25, 0.3) is 0 Å². The predicted octanol–water partition coefficient (Wildman–Crippen LogP) is 6.56. The lowest BCUT2D eigenvalue weighted by Crippen LogP contribution is -2.12. The van der Waals surface area contributed by atoms with Gasteiger partial charge in [0.1, 0.15) is 5.02 Å². The third-order valence-electron chi connectivity index (χ3n) is 5.54. The molecule has 0 amide bonds. The van der Waals surface area contributed by atoms with Gasteiger partial charge < -0.3 is 10.6 Å². The summed E-state index contributed by atoms with van der Waals surface area (Å²) in [5.41, 5.74) is 6.27. The van der Waals surface area contributed by atoms with Crippen molar-refractivity contribution >= 4 is 48.0 Å². The lowest BCUT2D eigenvalue weighted by molar-refractivity contribution is 0.711. The van der Waals surface area contributed by atoms with E-state index in [9.17, 15) is 0 Å². The van der Waals surface area contributed by atoms with E-state index in [4.69, 9.17) is 11.6 Å². The Morgan fingerprint density at radius 2 is 1.77 bits per heavy atom. The highest BCUT2D eigenvalue weighted by atomic mass is 35.5. The fraction of sp³-hybridized carbons (Fsp3) is 0.333. The second kappa shape index (κ2) is 9.32. The molecule has 6 heteroatoms. The Kier molecular flexibility index (Phi) is 6.55. The van der Waals surface area contributed by atoms with Crippen LogP contribution in [0.4, 0.5) is 23.1 Å². The molecule has 1 aliphatic carbocycles. The summed E-state index contributed by atoms with van der Waals surface area (Å²) in [6.45, 7) is 6.67. The van der Waals surface area contributed by atoms with Gasteiger partial charge in [-0.05, 0) is 80.8 Å². The van der Waals surface area contributed by atoms with Crippen LogP contribution in [0.5, 0.6) is 0 Å². The lowest BCUT2D eigenvalue weighted by Gasteiger charge is -2.18. The van der Waals surface area contributed by atoms with Crippen molar-refractivity contribution in [3.05, 3.63) is 64.3 Å². The zero-order chi connectivity index (χ0) is 21.1. The summed E-state index contributed by atoms with van der Waals surface area (Å²) in [6, 6.07) is 12.9. The number of rotatable bonds is 5. The summed E-state index contributed by atoms with van der Waals surface area (Å²) in [5.74, 6) is 1.16. The number of aryl methyl sites for hydroxylation is 3. The molecule has 4 rings (SSSR count). The van der Waals surface area contributed by atoms with E-state index in [0.717, 1.165) is 17.8 Å². The van der Waals surface area contributed by atoms with E-state index in [0.29, 0.717) is 16.8 Å². The van der Waals surface area contributed by atoms with E-state index in [1.165, 1.54) is 47.7 Å². The van der Waals surface area contributed by atoms with Crippen LogP contribution in [-0.4, -0.2) is 23.3 Å². The number of benzene rings is 2. The first-order chi connectivity index (χ1) is 14.5. The molecule has 0 saturated carbocycles. The van der Waals surface area contributed by atoms with E-state index in [-0.39, 0.29) is 7.92 Å².